The van der Waals surface area contributed by atoms with Gasteiger partial charge < -0.3 is 15.5 Å². The Labute approximate surface area is 160 Å². The van der Waals surface area contributed by atoms with Gasteiger partial charge in [0.05, 0.1) is 11.4 Å². The Morgan fingerprint density at radius 3 is 2.44 bits per heavy atom. The molecule has 1 aliphatic heterocycles. The fraction of sp³-hybridized carbons (Fsp3) is 0.333. The van der Waals surface area contributed by atoms with Crippen LogP contribution in [0.4, 0.5) is 17.1 Å². The maximum absolute atomic E-state index is 12.5. The Hall–Kier alpha value is -2.70. The maximum atomic E-state index is 12.5. The van der Waals surface area contributed by atoms with E-state index in [1.807, 2.05) is 12.1 Å². The zero-order chi connectivity index (χ0) is 19.2. The van der Waals surface area contributed by atoms with Gasteiger partial charge in [-0.1, -0.05) is 12.1 Å². The van der Waals surface area contributed by atoms with Crippen LogP contribution in [0.2, 0.25) is 0 Å². The van der Waals surface area contributed by atoms with E-state index in [-0.39, 0.29) is 5.91 Å². The number of hydrogen-bond donors (Lipinski definition) is 2. The summed E-state index contributed by atoms with van der Waals surface area (Å²) in [7, 11) is 3.96. The van der Waals surface area contributed by atoms with Gasteiger partial charge in [-0.15, -0.1) is 0 Å². The third-order valence-electron chi connectivity index (χ3n) is 4.91. The molecule has 2 aromatic carbocycles. The lowest BCUT2D eigenvalue weighted by Gasteiger charge is -2.32. The summed E-state index contributed by atoms with van der Waals surface area (Å²) in [6.45, 7) is 8.91. The normalized spacial score (nSPS) is 15.3. The molecule has 3 rings (SSSR count). The molecule has 1 heterocycles. The van der Waals surface area contributed by atoms with E-state index in [1.54, 1.807) is 25.2 Å². The van der Waals surface area contributed by atoms with Crippen LogP contribution in [0, 0.1) is 0 Å². The molecule has 0 spiro atoms. The van der Waals surface area contributed by atoms with Crippen molar-refractivity contribution in [1.29, 1.82) is 0 Å². The van der Waals surface area contributed by atoms with Crippen LogP contribution in [0.25, 0.3) is 0 Å². The van der Waals surface area contributed by atoms with Crippen molar-refractivity contribution in [3.05, 3.63) is 53.6 Å². The predicted octanol–water partition coefficient (Wildman–Crippen LogP) is 3.06. The molecule has 1 aliphatic rings. The van der Waals surface area contributed by atoms with Crippen molar-refractivity contribution < 1.29 is 4.79 Å². The van der Waals surface area contributed by atoms with Crippen molar-refractivity contribution >= 4 is 29.7 Å². The van der Waals surface area contributed by atoms with E-state index in [0.717, 1.165) is 49.8 Å². The molecule has 0 saturated carbocycles. The molecule has 1 fully saturated rings. The summed E-state index contributed by atoms with van der Waals surface area (Å²) in [6, 6.07) is 13.4. The first-order chi connectivity index (χ1) is 13.1. The largest absolute Gasteiger partial charge is 0.386 e. The summed E-state index contributed by atoms with van der Waals surface area (Å²) in [5.41, 5.74) is 4.13. The van der Waals surface area contributed by atoms with Crippen molar-refractivity contribution in [3.63, 3.8) is 0 Å². The molecule has 2 N–H and O–H groups in total. The Morgan fingerprint density at radius 1 is 1.11 bits per heavy atom. The molecule has 0 unspecified atom stereocenters. The zero-order valence-corrected chi connectivity index (χ0v) is 16.0. The van der Waals surface area contributed by atoms with Crippen LogP contribution >= 0.6 is 0 Å². The molecule has 0 atom stereocenters. The molecule has 0 aromatic heterocycles. The highest BCUT2D eigenvalue weighted by atomic mass is 16.1. The van der Waals surface area contributed by atoms with Gasteiger partial charge in [-0.3, -0.25) is 14.7 Å². The third-order valence-corrected chi connectivity index (χ3v) is 4.91. The van der Waals surface area contributed by atoms with Gasteiger partial charge in [0.1, 0.15) is 0 Å². The van der Waals surface area contributed by atoms with Crippen LogP contribution < -0.4 is 10.6 Å². The van der Waals surface area contributed by atoms with Gasteiger partial charge in [-0.25, -0.2) is 0 Å². The lowest BCUT2D eigenvalue weighted by molar-refractivity contribution is 0.102. The maximum Gasteiger partial charge on any atom is 0.255 e. The van der Waals surface area contributed by atoms with E-state index in [0.29, 0.717) is 5.56 Å². The number of rotatable bonds is 6. The average Bonchev–Trinajstić information content (AvgIpc) is 2.70. The molecular weight excluding hydrogens is 338 g/mol. The Kier molecular flexibility index (Phi) is 6.21. The highest BCUT2D eigenvalue weighted by Crippen LogP contribution is 2.25. The van der Waals surface area contributed by atoms with Gasteiger partial charge >= 0.3 is 0 Å². The van der Waals surface area contributed by atoms with Crippen LogP contribution in [-0.4, -0.2) is 62.7 Å². The zero-order valence-electron chi connectivity index (χ0n) is 16.0. The standard InChI is InChI=1S/C21H27N5O/c1-22-19-9-6-17(14-20(19)23-2)21(27)24-18-7-4-16(5-8-18)15-26-12-10-25(3)11-13-26/h4-9,14,23H,1,10-13,15H2,2-3H3,(H,24,27). The molecule has 6 heteroatoms. The summed E-state index contributed by atoms with van der Waals surface area (Å²) in [6.07, 6.45) is 0. The van der Waals surface area contributed by atoms with Gasteiger partial charge in [-0.05, 0) is 49.7 Å². The van der Waals surface area contributed by atoms with Crippen molar-refractivity contribution in [1.82, 2.24) is 9.80 Å². The number of carbonyl (C=O) groups is 1. The van der Waals surface area contributed by atoms with Crippen molar-refractivity contribution in [2.45, 2.75) is 6.54 Å². The average molecular weight is 365 g/mol. The lowest BCUT2D eigenvalue weighted by atomic mass is 10.1. The smallest absolute Gasteiger partial charge is 0.255 e. The molecule has 1 saturated heterocycles. The Bertz CT molecular complexity index is 795. The molecule has 0 aliphatic carbocycles. The Balaban J connectivity index is 1.61. The minimum absolute atomic E-state index is 0.145. The van der Waals surface area contributed by atoms with E-state index in [2.05, 4.69) is 51.3 Å². The van der Waals surface area contributed by atoms with Crippen LogP contribution in [0.15, 0.2) is 47.5 Å². The number of amides is 1. The van der Waals surface area contributed by atoms with Crippen molar-refractivity contribution in [2.24, 2.45) is 4.99 Å². The second kappa shape index (κ2) is 8.79. The number of aliphatic imine (C=N–C) groups is 1. The molecule has 6 nitrogen and oxygen atoms in total. The van der Waals surface area contributed by atoms with E-state index in [1.165, 1.54) is 5.56 Å². The predicted molar refractivity (Wildman–Crippen MR) is 112 cm³/mol. The molecule has 142 valence electrons. The van der Waals surface area contributed by atoms with Gasteiger partial charge in [0, 0.05) is 51.0 Å². The number of nitrogens with zero attached hydrogens (tertiary/aromatic N) is 3. The molecule has 27 heavy (non-hydrogen) atoms. The van der Waals surface area contributed by atoms with E-state index in [9.17, 15) is 4.79 Å². The van der Waals surface area contributed by atoms with E-state index < -0.39 is 0 Å². The van der Waals surface area contributed by atoms with E-state index >= 15 is 0 Å². The number of hydrogen-bond acceptors (Lipinski definition) is 5. The van der Waals surface area contributed by atoms with Crippen molar-refractivity contribution in [3.8, 4) is 0 Å². The van der Waals surface area contributed by atoms with Crippen LogP contribution in [-0.2, 0) is 6.54 Å². The van der Waals surface area contributed by atoms with Gasteiger partial charge in [0.2, 0.25) is 0 Å². The number of anilines is 2. The lowest BCUT2D eigenvalue weighted by Crippen LogP contribution is -2.43. The quantitative estimate of drug-likeness (QED) is 0.773. The van der Waals surface area contributed by atoms with Crippen LogP contribution in [0.5, 0.6) is 0 Å². The number of nitrogens with one attached hydrogen (secondary N) is 2. The first-order valence-corrected chi connectivity index (χ1v) is 9.19. The van der Waals surface area contributed by atoms with Gasteiger partial charge in [0.15, 0.2) is 0 Å². The summed E-state index contributed by atoms with van der Waals surface area (Å²) < 4.78 is 0. The summed E-state index contributed by atoms with van der Waals surface area (Å²) in [4.78, 5) is 21.3. The topological polar surface area (TPSA) is 60.0 Å². The summed E-state index contributed by atoms with van der Waals surface area (Å²) in [5.74, 6) is -0.145. The summed E-state index contributed by atoms with van der Waals surface area (Å²) >= 11 is 0. The van der Waals surface area contributed by atoms with Gasteiger partial charge in [-0.2, -0.15) is 0 Å². The fourth-order valence-corrected chi connectivity index (χ4v) is 3.18. The summed E-state index contributed by atoms with van der Waals surface area (Å²) in [5, 5.41) is 5.98. The molecule has 0 bridgehead atoms. The second-order valence-corrected chi connectivity index (χ2v) is 6.87. The van der Waals surface area contributed by atoms with Crippen molar-refractivity contribution in [2.75, 3.05) is 50.9 Å². The fourth-order valence-electron chi connectivity index (χ4n) is 3.18. The molecule has 1 amide bonds. The monoisotopic (exact) mass is 365 g/mol. The minimum Gasteiger partial charge on any atom is -0.386 e. The third kappa shape index (κ3) is 4.93. The first kappa shape index (κ1) is 19.1. The number of likely N-dealkylation sites (N-methyl/N-ethyl adjacent to an activating group) is 1. The number of piperazine rings is 1. The highest BCUT2D eigenvalue weighted by molar-refractivity contribution is 6.05. The highest BCUT2D eigenvalue weighted by Gasteiger charge is 2.14. The minimum atomic E-state index is -0.145. The number of carbonyl (C=O) groups excluding carboxylic acids is 1. The molecule has 2 aromatic rings. The molecule has 0 radical (unpaired) electrons. The van der Waals surface area contributed by atoms with E-state index in [4.69, 9.17) is 0 Å². The van der Waals surface area contributed by atoms with Crippen LogP contribution in [0.3, 0.4) is 0 Å². The first-order valence-electron chi connectivity index (χ1n) is 9.19. The Morgan fingerprint density at radius 2 is 1.81 bits per heavy atom. The molecular formula is C21H27N5O. The SMILES string of the molecule is C=Nc1ccc(C(=O)Nc2ccc(CN3CCN(C)CC3)cc2)cc1NC. The van der Waals surface area contributed by atoms with Gasteiger partial charge in [0.25, 0.3) is 5.91 Å². The second-order valence-electron chi connectivity index (χ2n) is 6.87. The van der Waals surface area contributed by atoms with Crippen LogP contribution in [0.1, 0.15) is 15.9 Å². The number of benzene rings is 2.